The van der Waals surface area contributed by atoms with Gasteiger partial charge in [-0.1, -0.05) is 11.8 Å². The molecule has 0 radical (unpaired) electrons. The Balaban J connectivity index is 2.44. The number of carboxylic acids is 1. The van der Waals surface area contributed by atoms with Gasteiger partial charge in [-0.15, -0.1) is 5.10 Å². The Kier molecular flexibility index (Phi) is 4.70. The number of aromatic nitrogens is 4. The van der Waals surface area contributed by atoms with Crippen LogP contribution in [0.4, 0.5) is 0 Å². The molecule has 0 aromatic carbocycles. The summed E-state index contributed by atoms with van der Waals surface area (Å²) in [6.07, 6.45) is 0.334. The first-order valence-electron chi connectivity index (χ1n) is 4.45. The number of thioether (sulfide) groups is 1. The van der Waals surface area contributed by atoms with Gasteiger partial charge in [0.1, 0.15) is 6.54 Å². The molecule has 1 rings (SSSR count). The summed E-state index contributed by atoms with van der Waals surface area (Å²) < 4.78 is 1.18. The minimum absolute atomic E-state index is 0.0789. The van der Waals surface area contributed by atoms with Crippen molar-refractivity contribution in [1.29, 1.82) is 0 Å². The second-order valence-corrected chi connectivity index (χ2v) is 3.85. The summed E-state index contributed by atoms with van der Waals surface area (Å²) in [6.45, 7) is -0.282. The molecule has 1 aromatic rings. The number of nitrogens with one attached hydrogen (secondary N) is 1. The Morgan fingerprint density at radius 2 is 2.31 bits per heavy atom. The van der Waals surface area contributed by atoms with Crippen LogP contribution in [0.25, 0.3) is 0 Å². The molecule has 1 amide bonds. The average molecular weight is 245 g/mol. The molecule has 16 heavy (non-hydrogen) atoms. The van der Waals surface area contributed by atoms with E-state index in [-0.39, 0.29) is 12.5 Å². The second kappa shape index (κ2) is 6.05. The van der Waals surface area contributed by atoms with Crippen molar-refractivity contribution in [2.75, 3.05) is 12.8 Å². The van der Waals surface area contributed by atoms with E-state index in [1.807, 2.05) is 0 Å². The number of rotatable bonds is 6. The third kappa shape index (κ3) is 3.85. The number of nitrogens with zero attached hydrogens (tertiary/aromatic N) is 4. The fourth-order valence-electron chi connectivity index (χ4n) is 0.887. The SMILES string of the molecule is CNC(=O)CCSc1nnnn1CC(=O)O. The van der Waals surface area contributed by atoms with E-state index in [4.69, 9.17) is 5.11 Å². The lowest BCUT2D eigenvalue weighted by atomic mass is 10.5. The minimum atomic E-state index is -1.01. The largest absolute Gasteiger partial charge is 0.480 e. The Morgan fingerprint density at radius 3 is 2.94 bits per heavy atom. The first-order chi connectivity index (χ1) is 7.63. The highest BCUT2D eigenvalue weighted by Crippen LogP contribution is 2.14. The lowest BCUT2D eigenvalue weighted by Crippen LogP contribution is -2.18. The van der Waals surface area contributed by atoms with Crippen LogP contribution in [0.15, 0.2) is 5.16 Å². The molecule has 0 spiro atoms. The smallest absolute Gasteiger partial charge is 0.325 e. The van der Waals surface area contributed by atoms with Gasteiger partial charge in [-0.25, -0.2) is 4.68 Å². The van der Waals surface area contributed by atoms with Crippen LogP contribution in [0.5, 0.6) is 0 Å². The van der Waals surface area contributed by atoms with E-state index in [1.165, 1.54) is 16.4 Å². The minimum Gasteiger partial charge on any atom is -0.480 e. The van der Waals surface area contributed by atoms with E-state index in [1.54, 1.807) is 7.05 Å². The first-order valence-corrected chi connectivity index (χ1v) is 5.43. The molecule has 0 atom stereocenters. The number of hydrogen-bond donors (Lipinski definition) is 2. The third-order valence-electron chi connectivity index (χ3n) is 1.62. The monoisotopic (exact) mass is 245 g/mol. The predicted molar refractivity (Wildman–Crippen MR) is 54.9 cm³/mol. The van der Waals surface area contributed by atoms with E-state index in [2.05, 4.69) is 20.8 Å². The van der Waals surface area contributed by atoms with Gasteiger partial charge in [-0.05, 0) is 10.4 Å². The van der Waals surface area contributed by atoms with Crippen molar-refractivity contribution in [2.24, 2.45) is 0 Å². The fraction of sp³-hybridized carbons (Fsp3) is 0.571. The van der Waals surface area contributed by atoms with Gasteiger partial charge in [-0.2, -0.15) is 0 Å². The number of carbonyl (C=O) groups excluding carboxylic acids is 1. The van der Waals surface area contributed by atoms with E-state index in [0.29, 0.717) is 17.3 Å². The second-order valence-electron chi connectivity index (χ2n) is 2.78. The summed E-state index contributed by atoms with van der Waals surface area (Å²) in [6, 6.07) is 0. The summed E-state index contributed by atoms with van der Waals surface area (Å²) in [5.74, 6) is -0.593. The van der Waals surface area contributed by atoms with Crippen molar-refractivity contribution in [2.45, 2.75) is 18.1 Å². The molecular formula is C7H11N5O3S. The highest BCUT2D eigenvalue weighted by Gasteiger charge is 2.10. The van der Waals surface area contributed by atoms with Gasteiger partial charge in [0, 0.05) is 19.2 Å². The molecule has 0 aliphatic rings. The standard InChI is InChI=1S/C7H11N5O3S/c1-8-5(13)2-3-16-7-9-10-11-12(7)4-6(14)15/h2-4H2,1H3,(H,8,13)(H,14,15). The van der Waals surface area contributed by atoms with Gasteiger partial charge in [0.2, 0.25) is 11.1 Å². The van der Waals surface area contributed by atoms with Crippen LogP contribution in [0.2, 0.25) is 0 Å². The molecule has 2 N–H and O–H groups in total. The number of amides is 1. The topological polar surface area (TPSA) is 110 Å². The Hall–Kier alpha value is -1.64. The molecule has 0 aliphatic carbocycles. The molecule has 0 aliphatic heterocycles. The van der Waals surface area contributed by atoms with Crippen molar-refractivity contribution in [3.63, 3.8) is 0 Å². The maximum atomic E-state index is 10.9. The zero-order chi connectivity index (χ0) is 12.0. The summed E-state index contributed by atoms with van der Waals surface area (Å²) in [7, 11) is 1.56. The van der Waals surface area contributed by atoms with Crippen molar-refractivity contribution in [3.8, 4) is 0 Å². The molecule has 9 heteroatoms. The Morgan fingerprint density at radius 1 is 1.56 bits per heavy atom. The predicted octanol–water partition coefficient (Wildman–Crippen LogP) is -1.01. The van der Waals surface area contributed by atoms with Crippen LogP contribution in [-0.2, 0) is 16.1 Å². The number of aliphatic carboxylic acids is 1. The fourth-order valence-corrected chi connectivity index (χ4v) is 1.70. The van der Waals surface area contributed by atoms with Crippen LogP contribution in [-0.4, -0.2) is 50.0 Å². The zero-order valence-electron chi connectivity index (χ0n) is 8.58. The molecule has 8 nitrogen and oxygen atoms in total. The van der Waals surface area contributed by atoms with Crippen LogP contribution in [0.1, 0.15) is 6.42 Å². The molecule has 0 bridgehead atoms. The van der Waals surface area contributed by atoms with E-state index in [9.17, 15) is 9.59 Å². The Bertz CT molecular complexity index is 380. The molecular weight excluding hydrogens is 234 g/mol. The van der Waals surface area contributed by atoms with Crippen LogP contribution >= 0.6 is 11.8 Å². The van der Waals surface area contributed by atoms with Crippen molar-refractivity contribution in [3.05, 3.63) is 0 Å². The van der Waals surface area contributed by atoms with Gasteiger partial charge in [-0.3, -0.25) is 9.59 Å². The zero-order valence-corrected chi connectivity index (χ0v) is 9.40. The van der Waals surface area contributed by atoms with E-state index in [0.717, 1.165) is 0 Å². The lowest BCUT2D eigenvalue weighted by Gasteiger charge is -2.00. The Labute approximate surface area is 95.4 Å². The van der Waals surface area contributed by atoms with E-state index >= 15 is 0 Å². The number of carboxylic acid groups (broad SMARTS) is 1. The van der Waals surface area contributed by atoms with Crippen molar-refractivity contribution in [1.82, 2.24) is 25.5 Å². The summed E-state index contributed by atoms with van der Waals surface area (Å²) in [5, 5.41) is 22.0. The van der Waals surface area contributed by atoms with Gasteiger partial charge < -0.3 is 10.4 Å². The number of tetrazole rings is 1. The molecule has 0 saturated heterocycles. The molecule has 1 heterocycles. The van der Waals surface area contributed by atoms with Gasteiger partial charge in [0.05, 0.1) is 0 Å². The van der Waals surface area contributed by atoms with Crippen molar-refractivity contribution < 1.29 is 14.7 Å². The van der Waals surface area contributed by atoms with Gasteiger partial charge in [0.15, 0.2) is 0 Å². The summed E-state index contributed by atoms with van der Waals surface area (Å²) >= 11 is 1.24. The lowest BCUT2D eigenvalue weighted by molar-refractivity contribution is -0.138. The molecule has 1 aromatic heterocycles. The van der Waals surface area contributed by atoms with Crippen LogP contribution in [0, 0.1) is 0 Å². The van der Waals surface area contributed by atoms with E-state index < -0.39 is 5.97 Å². The quantitative estimate of drug-likeness (QED) is 0.617. The molecule has 0 unspecified atom stereocenters. The average Bonchev–Trinajstić information content (AvgIpc) is 2.64. The number of hydrogen-bond acceptors (Lipinski definition) is 6. The van der Waals surface area contributed by atoms with Crippen LogP contribution in [0.3, 0.4) is 0 Å². The molecule has 0 fully saturated rings. The summed E-state index contributed by atoms with van der Waals surface area (Å²) in [5.41, 5.74) is 0. The highest BCUT2D eigenvalue weighted by atomic mass is 32.2. The maximum absolute atomic E-state index is 10.9. The van der Waals surface area contributed by atoms with Crippen LogP contribution < -0.4 is 5.32 Å². The molecule has 88 valence electrons. The highest BCUT2D eigenvalue weighted by molar-refractivity contribution is 7.99. The number of carbonyl (C=O) groups is 2. The summed E-state index contributed by atoms with van der Waals surface area (Å²) in [4.78, 5) is 21.4. The van der Waals surface area contributed by atoms with Crippen molar-refractivity contribution >= 4 is 23.6 Å². The molecule has 0 saturated carbocycles. The van der Waals surface area contributed by atoms with Gasteiger partial charge in [0.25, 0.3) is 0 Å². The first kappa shape index (κ1) is 12.4. The maximum Gasteiger partial charge on any atom is 0.325 e. The normalized spacial score (nSPS) is 10.1. The third-order valence-corrected chi connectivity index (χ3v) is 2.58. The van der Waals surface area contributed by atoms with Gasteiger partial charge >= 0.3 is 5.97 Å².